The van der Waals surface area contributed by atoms with Gasteiger partial charge in [-0.2, -0.15) is 0 Å². The van der Waals surface area contributed by atoms with E-state index in [9.17, 15) is 4.79 Å². The monoisotopic (exact) mass is 256 g/mol. The van der Waals surface area contributed by atoms with Crippen LogP contribution < -0.4 is 0 Å². The third kappa shape index (κ3) is 2.78. The lowest BCUT2D eigenvalue weighted by Gasteiger charge is -2.15. The summed E-state index contributed by atoms with van der Waals surface area (Å²) in [6, 6.07) is 10.0. The van der Waals surface area contributed by atoms with Crippen molar-refractivity contribution in [3.63, 3.8) is 0 Å². The molecule has 2 rings (SSSR count). The SMILES string of the molecule is CC(C)c1ccc(-c2ccc(C=O)o2)c(C(C)C)c1. The van der Waals surface area contributed by atoms with Crippen molar-refractivity contribution < 1.29 is 9.21 Å². The second-order valence-corrected chi connectivity index (χ2v) is 5.48. The maximum Gasteiger partial charge on any atom is 0.185 e. The molecule has 0 saturated heterocycles. The molecule has 0 aliphatic rings. The second-order valence-electron chi connectivity index (χ2n) is 5.48. The Morgan fingerprint density at radius 1 is 1.00 bits per heavy atom. The van der Waals surface area contributed by atoms with Gasteiger partial charge in [0.05, 0.1) is 0 Å². The molecule has 0 saturated carbocycles. The van der Waals surface area contributed by atoms with Gasteiger partial charge in [0.25, 0.3) is 0 Å². The summed E-state index contributed by atoms with van der Waals surface area (Å²) in [5.41, 5.74) is 3.67. The second kappa shape index (κ2) is 5.43. The van der Waals surface area contributed by atoms with E-state index >= 15 is 0 Å². The number of aldehydes is 1. The van der Waals surface area contributed by atoms with Gasteiger partial charge in [0.1, 0.15) is 5.76 Å². The molecule has 100 valence electrons. The fourth-order valence-electron chi connectivity index (χ4n) is 2.20. The molecule has 1 heterocycles. The van der Waals surface area contributed by atoms with E-state index in [1.54, 1.807) is 6.07 Å². The summed E-state index contributed by atoms with van der Waals surface area (Å²) in [4.78, 5) is 10.7. The summed E-state index contributed by atoms with van der Waals surface area (Å²) in [7, 11) is 0. The van der Waals surface area contributed by atoms with E-state index in [1.165, 1.54) is 11.1 Å². The van der Waals surface area contributed by atoms with Gasteiger partial charge in [-0.3, -0.25) is 4.79 Å². The molecule has 0 fully saturated rings. The van der Waals surface area contributed by atoms with E-state index in [0.717, 1.165) is 17.6 Å². The van der Waals surface area contributed by atoms with Crippen molar-refractivity contribution in [2.24, 2.45) is 0 Å². The fraction of sp³-hybridized carbons (Fsp3) is 0.353. The molecule has 0 aliphatic heterocycles. The molecule has 0 amide bonds. The maximum absolute atomic E-state index is 10.7. The van der Waals surface area contributed by atoms with Gasteiger partial charge in [-0.15, -0.1) is 0 Å². The molecular weight excluding hydrogens is 236 g/mol. The quantitative estimate of drug-likeness (QED) is 0.720. The summed E-state index contributed by atoms with van der Waals surface area (Å²) in [6.07, 6.45) is 0.737. The first kappa shape index (κ1) is 13.6. The van der Waals surface area contributed by atoms with Gasteiger partial charge in [-0.1, -0.05) is 45.9 Å². The van der Waals surface area contributed by atoms with Crippen LogP contribution in [0.15, 0.2) is 34.7 Å². The lowest BCUT2D eigenvalue weighted by atomic mass is 9.91. The fourth-order valence-corrected chi connectivity index (χ4v) is 2.20. The highest BCUT2D eigenvalue weighted by molar-refractivity contribution is 5.73. The van der Waals surface area contributed by atoms with Gasteiger partial charge in [0.15, 0.2) is 12.0 Å². The van der Waals surface area contributed by atoms with Crippen LogP contribution in [-0.2, 0) is 0 Å². The van der Waals surface area contributed by atoms with Crippen LogP contribution >= 0.6 is 0 Å². The third-order valence-electron chi connectivity index (χ3n) is 3.37. The normalized spacial score (nSPS) is 11.3. The van der Waals surface area contributed by atoms with Gasteiger partial charge in [-0.25, -0.2) is 0 Å². The molecule has 0 N–H and O–H groups in total. The molecule has 0 atom stereocenters. The van der Waals surface area contributed by atoms with Crippen LogP contribution in [0.4, 0.5) is 0 Å². The highest BCUT2D eigenvalue weighted by atomic mass is 16.3. The molecule has 0 radical (unpaired) electrons. The smallest absolute Gasteiger partial charge is 0.185 e. The molecule has 19 heavy (non-hydrogen) atoms. The van der Waals surface area contributed by atoms with Crippen molar-refractivity contribution in [3.8, 4) is 11.3 Å². The minimum atomic E-state index is 0.373. The van der Waals surface area contributed by atoms with E-state index in [0.29, 0.717) is 17.6 Å². The molecule has 0 aliphatic carbocycles. The first-order chi connectivity index (χ1) is 9.02. The average molecular weight is 256 g/mol. The number of hydrogen-bond donors (Lipinski definition) is 0. The van der Waals surface area contributed by atoms with Crippen molar-refractivity contribution in [2.75, 3.05) is 0 Å². The molecule has 0 unspecified atom stereocenters. The number of rotatable bonds is 4. The Hall–Kier alpha value is -1.83. The Morgan fingerprint density at radius 3 is 2.26 bits per heavy atom. The van der Waals surface area contributed by atoms with Crippen LogP contribution in [-0.4, -0.2) is 6.29 Å². The molecule has 1 aromatic carbocycles. The maximum atomic E-state index is 10.7. The zero-order chi connectivity index (χ0) is 14.0. The molecule has 0 bridgehead atoms. The van der Waals surface area contributed by atoms with Crippen molar-refractivity contribution >= 4 is 6.29 Å². The zero-order valence-corrected chi connectivity index (χ0v) is 11.9. The first-order valence-corrected chi connectivity index (χ1v) is 6.72. The van der Waals surface area contributed by atoms with Crippen LogP contribution in [0.25, 0.3) is 11.3 Å². The largest absolute Gasteiger partial charge is 0.453 e. The van der Waals surface area contributed by atoms with Crippen molar-refractivity contribution in [1.29, 1.82) is 0 Å². The summed E-state index contributed by atoms with van der Waals surface area (Å²) >= 11 is 0. The van der Waals surface area contributed by atoms with E-state index < -0.39 is 0 Å². The van der Waals surface area contributed by atoms with Crippen LogP contribution in [0.3, 0.4) is 0 Å². The lowest BCUT2D eigenvalue weighted by Crippen LogP contribution is -1.96. The Kier molecular flexibility index (Phi) is 3.89. The lowest BCUT2D eigenvalue weighted by molar-refractivity contribution is 0.110. The highest BCUT2D eigenvalue weighted by Gasteiger charge is 2.13. The van der Waals surface area contributed by atoms with E-state index in [2.05, 4.69) is 45.9 Å². The molecular formula is C17H20O2. The Balaban J connectivity index is 2.52. The van der Waals surface area contributed by atoms with Crippen molar-refractivity contribution in [1.82, 2.24) is 0 Å². The number of hydrogen-bond acceptors (Lipinski definition) is 2. The van der Waals surface area contributed by atoms with Gasteiger partial charge in [0.2, 0.25) is 0 Å². The van der Waals surface area contributed by atoms with Gasteiger partial charge < -0.3 is 4.42 Å². The van der Waals surface area contributed by atoms with Gasteiger partial charge in [0, 0.05) is 5.56 Å². The van der Waals surface area contributed by atoms with Crippen LogP contribution in [0.1, 0.15) is 61.2 Å². The predicted molar refractivity (Wildman–Crippen MR) is 77.7 cm³/mol. The molecule has 2 heteroatoms. The first-order valence-electron chi connectivity index (χ1n) is 6.72. The van der Waals surface area contributed by atoms with Gasteiger partial charge >= 0.3 is 0 Å². The van der Waals surface area contributed by atoms with Crippen molar-refractivity contribution in [3.05, 3.63) is 47.2 Å². The molecule has 2 nitrogen and oxygen atoms in total. The van der Waals surface area contributed by atoms with E-state index in [4.69, 9.17) is 4.42 Å². The van der Waals surface area contributed by atoms with Crippen LogP contribution in [0, 0.1) is 0 Å². The zero-order valence-electron chi connectivity index (χ0n) is 11.9. The number of carbonyl (C=O) groups is 1. The Morgan fingerprint density at radius 2 is 1.74 bits per heavy atom. The predicted octanol–water partition coefficient (Wildman–Crippen LogP) is 5.01. The third-order valence-corrected chi connectivity index (χ3v) is 3.37. The minimum Gasteiger partial charge on any atom is -0.453 e. The summed E-state index contributed by atoms with van der Waals surface area (Å²) in [5.74, 6) is 2.06. The molecule has 1 aromatic heterocycles. The van der Waals surface area contributed by atoms with E-state index in [1.807, 2.05) is 6.07 Å². The van der Waals surface area contributed by atoms with E-state index in [-0.39, 0.29) is 0 Å². The van der Waals surface area contributed by atoms with Crippen molar-refractivity contribution in [2.45, 2.75) is 39.5 Å². The summed E-state index contributed by atoms with van der Waals surface area (Å²) < 4.78 is 5.54. The Labute approximate surface area is 114 Å². The van der Waals surface area contributed by atoms with Crippen LogP contribution in [0.5, 0.6) is 0 Å². The number of furan rings is 1. The topological polar surface area (TPSA) is 30.2 Å². The van der Waals surface area contributed by atoms with Crippen LogP contribution in [0.2, 0.25) is 0 Å². The number of benzene rings is 1. The van der Waals surface area contributed by atoms with Gasteiger partial charge in [-0.05, 0) is 35.1 Å². The minimum absolute atomic E-state index is 0.373. The molecule has 0 spiro atoms. The number of carbonyl (C=O) groups excluding carboxylic acids is 1. The average Bonchev–Trinajstić information content (AvgIpc) is 2.86. The summed E-state index contributed by atoms with van der Waals surface area (Å²) in [5, 5.41) is 0. The highest BCUT2D eigenvalue weighted by Crippen LogP contribution is 2.32. The summed E-state index contributed by atoms with van der Waals surface area (Å²) in [6.45, 7) is 8.73. The Bertz CT molecular complexity index is 577. The standard InChI is InChI=1S/C17H20O2/c1-11(2)13-5-7-15(16(9-13)12(3)4)17-8-6-14(10-18)19-17/h5-12H,1-4H3. The molecule has 2 aromatic rings.